The molecular weight excluding hydrogens is 247 g/mol. The van der Waals surface area contributed by atoms with Crippen LogP contribution >= 0.6 is 9.24 Å². The fourth-order valence-corrected chi connectivity index (χ4v) is 3.57. The summed E-state index contributed by atoms with van der Waals surface area (Å²) in [5.74, 6) is 0. The van der Waals surface area contributed by atoms with Crippen LogP contribution in [0, 0.1) is 0 Å². The molecule has 1 fully saturated rings. The van der Waals surface area contributed by atoms with E-state index >= 15 is 0 Å². The molecular formula is C18H35P. The lowest BCUT2D eigenvalue weighted by Gasteiger charge is -2.10. The van der Waals surface area contributed by atoms with Gasteiger partial charge in [0.2, 0.25) is 0 Å². The molecule has 0 nitrogen and oxygen atoms in total. The second-order valence-corrected chi connectivity index (χ2v) is 7.26. The molecule has 0 bridgehead atoms. The molecule has 0 heterocycles. The van der Waals surface area contributed by atoms with E-state index in [1.165, 1.54) is 109 Å². The van der Waals surface area contributed by atoms with Crippen LogP contribution in [0.3, 0.4) is 0 Å². The Morgan fingerprint density at radius 1 is 0.368 bits per heavy atom. The number of hydrogen-bond donors (Lipinski definition) is 0. The van der Waals surface area contributed by atoms with Gasteiger partial charge in [0.15, 0.2) is 0 Å². The quantitative estimate of drug-likeness (QED) is 0.406. The maximum absolute atomic E-state index is 4.74. The highest BCUT2D eigenvalue weighted by atomic mass is 31.0. The minimum Gasteiger partial charge on any atom is -0.0533 e. The van der Waals surface area contributed by atoms with Crippen molar-refractivity contribution in [3.05, 3.63) is 0 Å². The van der Waals surface area contributed by atoms with Gasteiger partial charge in [-0.05, 0) is 27.7 Å². The summed E-state index contributed by atoms with van der Waals surface area (Å²) < 4.78 is 0. The predicted molar refractivity (Wildman–Crippen MR) is 89.2 cm³/mol. The second kappa shape index (κ2) is 13.4. The minimum atomic E-state index is 0.680. The first-order valence-corrected chi connectivity index (χ1v) is 9.59. The van der Waals surface area contributed by atoms with E-state index in [-0.39, 0.29) is 0 Å². The molecule has 0 amide bonds. The fourth-order valence-electron chi connectivity index (χ4n) is 3.20. The average Bonchev–Trinajstić information content (AvgIpc) is 2.41. The maximum Gasteiger partial charge on any atom is -0.0125 e. The van der Waals surface area contributed by atoms with Gasteiger partial charge in [-0.2, -0.15) is 0 Å². The van der Waals surface area contributed by atoms with E-state index in [1.807, 2.05) is 0 Å². The minimum absolute atomic E-state index is 0.680. The van der Waals surface area contributed by atoms with Gasteiger partial charge in [0.1, 0.15) is 0 Å². The Bertz CT molecular complexity index is 161. The monoisotopic (exact) mass is 282 g/mol. The molecule has 0 aromatic rings. The molecule has 0 aromatic carbocycles. The molecule has 1 heteroatoms. The van der Waals surface area contributed by atoms with Crippen LogP contribution < -0.4 is 0 Å². The van der Waals surface area contributed by atoms with Crippen LogP contribution in [0.15, 0.2) is 0 Å². The van der Waals surface area contributed by atoms with Gasteiger partial charge in [-0.15, -0.1) is 0 Å². The summed E-state index contributed by atoms with van der Waals surface area (Å²) in [6.45, 7) is 0. The standard InChI is InChI=1S/C18H35P/c19-18-16-14-12-10-8-6-4-2-1-3-5-7-9-11-13-15-17-18/h18H,1-17H2. The lowest BCUT2D eigenvalue weighted by molar-refractivity contribution is 0.508. The van der Waals surface area contributed by atoms with Crippen LogP contribution in [0.5, 0.6) is 0 Å². The lowest BCUT2D eigenvalue weighted by atomic mass is 10.0. The molecule has 0 N–H and O–H groups in total. The third kappa shape index (κ3) is 11.9. The molecule has 0 spiro atoms. The summed E-state index contributed by atoms with van der Waals surface area (Å²) in [4.78, 5) is 0. The van der Waals surface area contributed by atoms with Gasteiger partial charge in [0, 0.05) is 0 Å². The van der Waals surface area contributed by atoms with Gasteiger partial charge >= 0.3 is 0 Å². The van der Waals surface area contributed by atoms with Gasteiger partial charge in [0.25, 0.3) is 0 Å². The molecule has 0 atom stereocenters. The Balaban J connectivity index is 2.08. The van der Waals surface area contributed by atoms with E-state index in [4.69, 9.17) is 9.24 Å². The first-order valence-electron chi connectivity index (χ1n) is 9.07. The van der Waals surface area contributed by atoms with Crippen molar-refractivity contribution in [2.24, 2.45) is 0 Å². The normalized spacial score (nSPS) is 24.5. The zero-order valence-corrected chi connectivity index (χ0v) is 13.9. The topological polar surface area (TPSA) is 0 Å². The molecule has 0 aromatic heterocycles. The summed E-state index contributed by atoms with van der Waals surface area (Å²) in [7, 11) is 4.74. The molecule has 0 saturated heterocycles. The van der Waals surface area contributed by atoms with Crippen LogP contribution in [-0.4, -0.2) is 5.66 Å². The van der Waals surface area contributed by atoms with Gasteiger partial charge in [-0.25, -0.2) is 0 Å². The van der Waals surface area contributed by atoms with E-state index in [1.54, 1.807) is 0 Å². The van der Waals surface area contributed by atoms with Crippen LogP contribution in [0.25, 0.3) is 0 Å². The first-order chi connectivity index (χ1) is 9.39. The molecule has 19 heavy (non-hydrogen) atoms. The second-order valence-electron chi connectivity index (χ2n) is 6.53. The van der Waals surface area contributed by atoms with Crippen molar-refractivity contribution in [3.8, 4) is 0 Å². The molecule has 2 radical (unpaired) electrons. The smallest absolute Gasteiger partial charge is 0.0125 e. The highest BCUT2D eigenvalue weighted by molar-refractivity contribution is 7.17. The van der Waals surface area contributed by atoms with Crippen LogP contribution in [-0.2, 0) is 0 Å². The fraction of sp³-hybridized carbons (Fsp3) is 1.00. The van der Waals surface area contributed by atoms with Gasteiger partial charge in [-0.3, -0.25) is 0 Å². The van der Waals surface area contributed by atoms with Crippen LogP contribution in [0.4, 0.5) is 0 Å². The van der Waals surface area contributed by atoms with E-state index in [0.29, 0.717) is 5.66 Å². The zero-order chi connectivity index (χ0) is 13.6. The van der Waals surface area contributed by atoms with E-state index in [9.17, 15) is 0 Å². The van der Waals surface area contributed by atoms with Crippen LogP contribution in [0.2, 0.25) is 0 Å². The third-order valence-corrected chi connectivity index (χ3v) is 5.09. The molecule has 1 rings (SSSR count). The number of hydrogen-bond acceptors (Lipinski definition) is 0. The highest BCUT2D eigenvalue weighted by Gasteiger charge is 2.03. The highest BCUT2D eigenvalue weighted by Crippen LogP contribution is 2.20. The van der Waals surface area contributed by atoms with Crippen molar-refractivity contribution in [2.75, 3.05) is 0 Å². The van der Waals surface area contributed by atoms with Crippen LogP contribution in [0.1, 0.15) is 109 Å². The lowest BCUT2D eigenvalue weighted by Crippen LogP contribution is -1.98. The molecule has 0 unspecified atom stereocenters. The molecule has 1 aliphatic carbocycles. The summed E-state index contributed by atoms with van der Waals surface area (Å²) in [5, 5.41) is 0. The van der Waals surface area contributed by atoms with Gasteiger partial charge in [0.05, 0.1) is 0 Å². The number of rotatable bonds is 0. The van der Waals surface area contributed by atoms with Crippen molar-refractivity contribution >= 4 is 9.24 Å². The molecule has 0 aliphatic heterocycles. The van der Waals surface area contributed by atoms with E-state index in [2.05, 4.69) is 0 Å². The first kappa shape index (κ1) is 17.5. The summed E-state index contributed by atoms with van der Waals surface area (Å²) in [5.41, 5.74) is 0.680. The van der Waals surface area contributed by atoms with E-state index < -0.39 is 0 Å². The van der Waals surface area contributed by atoms with Crippen molar-refractivity contribution in [1.29, 1.82) is 0 Å². The molecule has 1 aliphatic rings. The Hall–Kier alpha value is 0.430. The van der Waals surface area contributed by atoms with Gasteiger partial charge < -0.3 is 0 Å². The van der Waals surface area contributed by atoms with Crippen molar-refractivity contribution in [3.63, 3.8) is 0 Å². The van der Waals surface area contributed by atoms with Crippen molar-refractivity contribution in [2.45, 2.75) is 115 Å². The van der Waals surface area contributed by atoms with Crippen molar-refractivity contribution in [1.82, 2.24) is 0 Å². The molecule has 1 saturated carbocycles. The summed E-state index contributed by atoms with van der Waals surface area (Å²) in [6.07, 6.45) is 24.6. The Morgan fingerprint density at radius 3 is 0.842 bits per heavy atom. The van der Waals surface area contributed by atoms with Crippen molar-refractivity contribution < 1.29 is 0 Å². The third-order valence-electron chi connectivity index (χ3n) is 4.57. The molecule has 112 valence electrons. The maximum atomic E-state index is 4.74. The Morgan fingerprint density at radius 2 is 0.579 bits per heavy atom. The van der Waals surface area contributed by atoms with E-state index in [0.717, 1.165) is 0 Å². The van der Waals surface area contributed by atoms with Gasteiger partial charge in [-0.1, -0.05) is 96.3 Å². The largest absolute Gasteiger partial charge is 0.0533 e. The summed E-state index contributed by atoms with van der Waals surface area (Å²) in [6, 6.07) is 0. The predicted octanol–water partition coefficient (Wildman–Crippen LogP) is 7.41. The Labute approximate surface area is 124 Å². The average molecular weight is 282 g/mol. The zero-order valence-electron chi connectivity index (χ0n) is 13.0. The SMILES string of the molecule is [P]C1CCCCCCCCCCCCCCCCC1. The summed E-state index contributed by atoms with van der Waals surface area (Å²) >= 11 is 0. The Kier molecular flexibility index (Phi) is 12.3.